The first-order valence-electron chi connectivity index (χ1n) is 8.70. The minimum Gasteiger partial charge on any atom is -0.350 e. The van der Waals surface area contributed by atoms with Crippen LogP contribution in [-0.2, 0) is 10.0 Å². The van der Waals surface area contributed by atoms with E-state index < -0.39 is 31.2 Å². The molecule has 3 rings (SSSR count). The van der Waals surface area contributed by atoms with Gasteiger partial charge >= 0.3 is 0 Å². The number of nitrogens with one attached hydrogen (secondary N) is 2. The zero-order chi connectivity index (χ0) is 22.8. The molecular weight excluding hydrogens is 428 g/mol. The van der Waals surface area contributed by atoms with Crippen LogP contribution in [0.3, 0.4) is 0 Å². The fraction of sp³-hybridized carbons (Fsp3) is 0.111. The Balaban J connectivity index is 1.83. The van der Waals surface area contributed by atoms with Gasteiger partial charge in [0, 0.05) is 23.1 Å². The highest BCUT2D eigenvalue weighted by atomic mass is 32.2. The Morgan fingerprint density at radius 1 is 0.871 bits per heavy atom. The highest BCUT2D eigenvalue weighted by Crippen LogP contribution is 2.31. The van der Waals surface area contributed by atoms with Gasteiger partial charge in [-0.1, -0.05) is 0 Å². The van der Waals surface area contributed by atoms with Crippen LogP contribution in [0.1, 0.15) is 11.4 Å². The monoisotopic (exact) mass is 444 g/mol. The van der Waals surface area contributed by atoms with E-state index in [1.165, 1.54) is 30.3 Å². The molecule has 0 aliphatic rings. The smallest absolute Gasteiger partial charge is 0.299 e. The number of hydrogen-bond acceptors (Lipinski definition) is 9. The van der Waals surface area contributed by atoms with Gasteiger partial charge in [-0.3, -0.25) is 20.2 Å². The number of nitro benzene ring substituents is 2. The van der Waals surface area contributed by atoms with Crippen molar-refractivity contribution in [1.29, 1.82) is 0 Å². The topological polar surface area (TPSA) is 170 Å². The van der Waals surface area contributed by atoms with Gasteiger partial charge in [-0.2, -0.15) is 0 Å². The Kier molecular flexibility index (Phi) is 5.79. The molecule has 3 aromatic rings. The maximum atomic E-state index is 12.6. The zero-order valence-corrected chi connectivity index (χ0v) is 17.1. The van der Waals surface area contributed by atoms with Crippen LogP contribution >= 0.6 is 0 Å². The molecule has 0 atom stereocenters. The van der Waals surface area contributed by atoms with Crippen molar-refractivity contribution in [3.05, 3.63) is 80.1 Å². The number of aromatic nitrogens is 2. The van der Waals surface area contributed by atoms with Gasteiger partial charge in [0.1, 0.15) is 5.69 Å². The molecule has 0 aliphatic heterocycles. The van der Waals surface area contributed by atoms with Crippen LogP contribution < -0.4 is 10.0 Å². The summed E-state index contributed by atoms with van der Waals surface area (Å²) in [6.45, 7) is 3.43. The zero-order valence-electron chi connectivity index (χ0n) is 16.3. The highest BCUT2D eigenvalue weighted by Gasteiger charge is 2.20. The van der Waals surface area contributed by atoms with Crippen LogP contribution in [0.4, 0.5) is 28.7 Å². The van der Waals surface area contributed by atoms with E-state index in [9.17, 15) is 28.6 Å². The summed E-state index contributed by atoms with van der Waals surface area (Å²) in [6.07, 6.45) is 0. The van der Waals surface area contributed by atoms with Crippen LogP contribution in [0.15, 0.2) is 53.4 Å². The Morgan fingerprint density at radius 3 is 2.03 bits per heavy atom. The van der Waals surface area contributed by atoms with Crippen LogP contribution in [0.25, 0.3) is 0 Å². The number of sulfonamides is 1. The quantitative estimate of drug-likeness (QED) is 0.409. The fourth-order valence-electron chi connectivity index (χ4n) is 2.71. The van der Waals surface area contributed by atoms with Gasteiger partial charge in [-0.05, 0) is 50.2 Å². The molecule has 0 saturated carbocycles. The predicted octanol–water partition coefficient (Wildman–Crippen LogP) is 3.45. The Labute approximate surface area is 176 Å². The van der Waals surface area contributed by atoms with Gasteiger partial charge in [0.25, 0.3) is 21.4 Å². The number of nitro groups is 2. The maximum Gasteiger partial charge on any atom is 0.299 e. The number of anilines is 3. The van der Waals surface area contributed by atoms with Crippen LogP contribution in [0.2, 0.25) is 0 Å². The molecule has 1 aromatic heterocycles. The lowest BCUT2D eigenvalue weighted by Gasteiger charge is -2.10. The summed E-state index contributed by atoms with van der Waals surface area (Å²) >= 11 is 0. The highest BCUT2D eigenvalue weighted by molar-refractivity contribution is 7.92. The number of hydrogen-bond donors (Lipinski definition) is 2. The number of non-ortho nitro benzene ring substituents is 1. The summed E-state index contributed by atoms with van der Waals surface area (Å²) in [5.41, 5.74) is 0.674. The van der Waals surface area contributed by atoms with Crippen molar-refractivity contribution in [2.45, 2.75) is 18.7 Å². The first-order chi connectivity index (χ1) is 14.5. The second-order valence-corrected chi connectivity index (χ2v) is 8.13. The van der Waals surface area contributed by atoms with E-state index in [0.29, 0.717) is 17.1 Å². The van der Waals surface area contributed by atoms with Gasteiger partial charge in [-0.15, -0.1) is 0 Å². The molecule has 0 aliphatic carbocycles. The Morgan fingerprint density at radius 2 is 1.48 bits per heavy atom. The van der Waals surface area contributed by atoms with Gasteiger partial charge in [0.05, 0.1) is 20.8 Å². The van der Waals surface area contributed by atoms with Crippen molar-refractivity contribution in [2.24, 2.45) is 0 Å². The third kappa shape index (κ3) is 5.08. The molecule has 0 spiro atoms. The third-order valence-electron chi connectivity index (χ3n) is 4.04. The number of benzene rings is 2. The number of rotatable bonds is 7. The standard InChI is InChI=1S/C18H16N6O6S/c1-11-9-12(2)20-18(19-11)22-31(29,30)15-6-3-13(4-7-15)21-16-8-5-14(23(25)26)10-17(16)24(27)28/h3-10,21H,1-2H3,(H,19,20,22). The van der Waals surface area contributed by atoms with E-state index in [0.717, 1.165) is 12.1 Å². The largest absolute Gasteiger partial charge is 0.350 e. The molecule has 31 heavy (non-hydrogen) atoms. The van der Waals surface area contributed by atoms with Crippen LogP contribution in [-0.4, -0.2) is 28.2 Å². The van der Waals surface area contributed by atoms with Gasteiger partial charge in [0.15, 0.2) is 0 Å². The molecule has 0 amide bonds. The second-order valence-electron chi connectivity index (χ2n) is 6.44. The summed E-state index contributed by atoms with van der Waals surface area (Å²) < 4.78 is 27.5. The lowest BCUT2D eigenvalue weighted by molar-refractivity contribution is -0.393. The Hall–Kier alpha value is -4.13. The average Bonchev–Trinajstić information content (AvgIpc) is 2.67. The maximum absolute atomic E-state index is 12.6. The van der Waals surface area contributed by atoms with Crippen LogP contribution in [0, 0.1) is 34.1 Å². The lowest BCUT2D eigenvalue weighted by atomic mass is 10.2. The third-order valence-corrected chi connectivity index (χ3v) is 5.38. The van der Waals surface area contributed by atoms with Crippen molar-refractivity contribution in [2.75, 3.05) is 10.0 Å². The Bertz CT molecular complexity index is 1260. The predicted molar refractivity (Wildman–Crippen MR) is 112 cm³/mol. The lowest BCUT2D eigenvalue weighted by Crippen LogP contribution is -2.15. The van der Waals surface area contributed by atoms with E-state index in [2.05, 4.69) is 20.0 Å². The molecule has 12 nitrogen and oxygen atoms in total. The fourth-order valence-corrected chi connectivity index (χ4v) is 3.66. The summed E-state index contributed by atoms with van der Waals surface area (Å²) in [5, 5.41) is 24.8. The molecule has 2 N–H and O–H groups in total. The van der Waals surface area contributed by atoms with E-state index in [1.807, 2.05) is 0 Å². The molecule has 0 saturated heterocycles. The molecule has 0 fully saturated rings. The minimum atomic E-state index is -3.96. The average molecular weight is 444 g/mol. The molecule has 160 valence electrons. The van der Waals surface area contributed by atoms with Gasteiger partial charge in [0.2, 0.25) is 5.95 Å². The SMILES string of the molecule is Cc1cc(C)nc(NS(=O)(=O)c2ccc(Nc3ccc([N+](=O)[O-])cc3[N+](=O)[O-])cc2)n1. The van der Waals surface area contributed by atoms with Crippen molar-refractivity contribution in [3.63, 3.8) is 0 Å². The molecular formula is C18H16N6O6S. The van der Waals surface area contributed by atoms with Gasteiger partial charge in [-0.25, -0.2) is 23.1 Å². The summed E-state index contributed by atoms with van der Waals surface area (Å²) in [5.74, 6) is -0.0544. The first-order valence-corrected chi connectivity index (χ1v) is 10.2. The van der Waals surface area contributed by atoms with E-state index >= 15 is 0 Å². The molecule has 0 unspecified atom stereocenters. The van der Waals surface area contributed by atoms with E-state index in [4.69, 9.17) is 0 Å². The summed E-state index contributed by atoms with van der Waals surface area (Å²) in [4.78, 5) is 28.6. The molecule has 0 bridgehead atoms. The number of aryl methyl sites for hydroxylation is 2. The van der Waals surface area contributed by atoms with Crippen molar-refractivity contribution in [3.8, 4) is 0 Å². The normalized spacial score (nSPS) is 11.0. The minimum absolute atomic E-state index is 0.0213. The van der Waals surface area contributed by atoms with Crippen molar-refractivity contribution in [1.82, 2.24) is 9.97 Å². The van der Waals surface area contributed by atoms with Crippen LogP contribution in [0.5, 0.6) is 0 Å². The van der Waals surface area contributed by atoms with Gasteiger partial charge < -0.3 is 5.32 Å². The molecule has 2 aromatic carbocycles. The molecule has 1 heterocycles. The molecule has 13 heteroatoms. The van der Waals surface area contributed by atoms with Crippen molar-refractivity contribution < 1.29 is 18.3 Å². The first kappa shape index (κ1) is 21.6. The van der Waals surface area contributed by atoms with E-state index in [-0.39, 0.29) is 16.5 Å². The number of nitrogens with zero attached hydrogens (tertiary/aromatic N) is 4. The summed E-state index contributed by atoms with van der Waals surface area (Å²) in [6, 6.07) is 10.3. The molecule has 0 radical (unpaired) electrons. The van der Waals surface area contributed by atoms with E-state index in [1.54, 1.807) is 19.9 Å². The second kappa shape index (κ2) is 8.31. The van der Waals surface area contributed by atoms with Crippen molar-refractivity contribution >= 4 is 38.7 Å². The summed E-state index contributed by atoms with van der Waals surface area (Å²) in [7, 11) is -3.96.